The SMILES string of the molecule is COc1cc2nc(Cl)nc(Nc3ccc(S(=O)(=O)Nc4ccccn4)cc3)c2cc1OC. The fourth-order valence-electron chi connectivity index (χ4n) is 3.00. The van der Waals surface area contributed by atoms with Crippen LogP contribution in [0.2, 0.25) is 5.28 Å². The van der Waals surface area contributed by atoms with Gasteiger partial charge in [-0.25, -0.2) is 18.4 Å². The first kappa shape index (κ1) is 21.6. The zero-order valence-corrected chi connectivity index (χ0v) is 18.6. The van der Waals surface area contributed by atoms with E-state index in [-0.39, 0.29) is 16.0 Å². The molecule has 164 valence electrons. The number of anilines is 3. The van der Waals surface area contributed by atoms with Crippen molar-refractivity contribution in [2.75, 3.05) is 24.3 Å². The maximum Gasteiger partial charge on any atom is 0.263 e. The van der Waals surface area contributed by atoms with Crippen LogP contribution in [0.4, 0.5) is 17.3 Å². The Hall–Kier alpha value is -3.63. The number of ether oxygens (including phenoxy) is 2. The van der Waals surface area contributed by atoms with Crippen molar-refractivity contribution >= 4 is 49.9 Å². The average Bonchev–Trinajstić information content (AvgIpc) is 2.79. The van der Waals surface area contributed by atoms with Gasteiger partial charge in [-0.2, -0.15) is 4.98 Å². The molecule has 11 heteroatoms. The summed E-state index contributed by atoms with van der Waals surface area (Å²) in [5.41, 5.74) is 1.16. The van der Waals surface area contributed by atoms with Crippen LogP contribution in [0.15, 0.2) is 65.7 Å². The van der Waals surface area contributed by atoms with Crippen LogP contribution >= 0.6 is 11.6 Å². The lowest BCUT2D eigenvalue weighted by atomic mass is 10.2. The van der Waals surface area contributed by atoms with Gasteiger partial charge in [0, 0.05) is 23.3 Å². The molecule has 4 aromatic rings. The molecule has 0 saturated heterocycles. The Morgan fingerprint density at radius 2 is 1.66 bits per heavy atom. The van der Waals surface area contributed by atoms with Crippen LogP contribution in [0.5, 0.6) is 11.5 Å². The Kier molecular flexibility index (Phi) is 5.97. The molecule has 0 aliphatic rings. The molecule has 0 aliphatic carbocycles. The van der Waals surface area contributed by atoms with Crippen molar-refractivity contribution in [2.45, 2.75) is 4.90 Å². The number of rotatable bonds is 7. The lowest BCUT2D eigenvalue weighted by Gasteiger charge is -2.13. The summed E-state index contributed by atoms with van der Waals surface area (Å²) in [7, 11) is -0.713. The lowest BCUT2D eigenvalue weighted by Crippen LogP contribution is -2.13. The number of aromatic nitrogens is 3. The molecule has 0 radical (unpaired) electrons. The average molecular weight is 472 g/mol. The molecule has 4 rings (SSSR count). The van der Waals surface area contributed by atoms with Crippen molar-refractivity contribution in [3.05, 3.63) is 66.1 Å². The minimum absolute atomic E-state index is 0.0472. The third-order valence-corrected chi connectivity index (χ3v) is 6.04. The standard InChI is InChI=1S/C21H18ClN5O4S/c1-30-17-11-15-16(12-18(17)31-2)25-21(22)26-20(15)24-13-6-8-14(9-7-13)32(28,29)27-19-5-3-4-10-23-19/h3-12H,1-2H3,(H,23,27)(H,24,25,26). The Bertz CT molecular complexity index is 1370. The highest BCUT2D eigenvalue weighted by atomic mass is 35.5. The van der Waals surface area contributed by atoms with Crippen molar-refractivity contribution < 1.29 is 17.9 Å². The Morgan fingerprint density at radius 3 is 2.31 bits per heavy atom. The first-order valence-corrected chi connectivity index (χ1v) is 11.2. The van der Waals surface area contributed by atoms with Gasteiger partial charge in [0.25, 0.3) is 10.0 Å². The van der Waals surface area contributed by atoms with Gasteiger partial charge in [0.1, 0.15) is 11.6 Å². The molecule has 0 amide bonds. The zero-order valence-electron chi connectivity index (χ0n) is 17.0. The highest BCUT2D eigenvalue weighted by Crippen LogP contribution is 2.35. The van der Waals surface area contributed by atoms with Gasteiger partial charge in [-0.3, -0.25) is 4.72 Å². The number of benzene rings is 2. The third-order valence-electron chi connectivity index (χ3n) is 4.50. The maximum absolute atomic E-state index is 12.6. The predicted octanol–water partition coefficient (Wildman–Crippen LogP) is 4.24. The Morgan fingerprint density at radius 1 is 0.938 bits per heavy atom. The van der Waals surface area contributed by atoms with Gasteiger partial charge < -0.3 is 14.8 Å². The molecular formula is C21H18ClN5O4S. The summed E-state index contributed by atoms with van der Waals surface area (Å²) in [5.74, 6) is 1.69. The molecule has 0 unspecified atom stereocenters. The van der Waals surface area contributed by atoms with Gasteiger partial charge in [0.2, 0.25) is 5.28 Å². The maximum atomic E-state index is 12.6. The molecule has 2 N–H and O–H groups in total. The van der Waals surface area contributed by atoms with E-state index < -0.39 is 10.0 Å². The van der Waals surface area contributed by atoms with Crippen LogP contribution in [0.1, 0.15) is 0 Å². The molecular weight excluding hydrogens is 454 g/mol. The number of sulfonamides is 1. The number of methoxy groups -OCH3 is 2. The van der Waals surface area contributed by atoms with Gasteiger partial charge in [0.05, 0.1) is 24.6 Å². The largest absolute Gasteiger partial charge is 0.493 e. The van der Waals surface area contributed by atoms with E-state index in [1.165, 1.54) is 32.5 Å². The molecule has 2 heterocycles. The van der Waals surface area contributed by atoms with Crippen molar-refractivity contribution in [1.82, 2.24) is 15.0 Å². The molecule has 0 fully saturated rings. The topological polar surface area (TPSA) is 115 Å². The second-order valence-electron chi connectivity index (χ2n) is 6.54. The first-order chi connectivity index (χ1) is 15.4. The lowest BCUT2D eigenvalue weighted by molar-refractivity contribution is 0.356. The number of nitrogens with zero attached hydrogens (tertiary/aromatic N) is 3. The molecule has 0 aliphatic heterocycles. The van der Waals surface area contributed by atoms with Gasteiger partial charge in [-0.1, -0.05) is 6.07 Å². The summed E-state index contributed by atoms with van der Waals surface area (Å²) in [6.07, 6.45) is 1.51. The quantitative estimate of drug-likeness (QED) is 0.384. The fourth-order valence-corrected chi connectivity index (χ4v) is 4.18. The minimum atomic E-state index is -3.78. The molecule has 0 bridgehead atoms. The molecule has 0 saturated carbocycles. The molecule has 0 spiro atoms. The first-order valence-electron chi connectivity index (χ1n) is 9.30. The number of fused-ring (bicyclic) bond motifs is 1. The van der Waals surface area contributed by atoms with Crippen LogP contribution in [0, 0.1) is 0 Å². The van der Waals surface area contributed by atoms with Crippen LogP contribution in [0.25, 0.3) is 10.9 Å². The third kappa shape index (κ3) is 4.51. The summed E-state index contributed by atoms with van der Waals surface area (Å²) in [5, 5.41) is 3.85. The predicted molar refractivity (Wildman–Crippen MR) is 122 cm³/mol. The van der Waals surface area contributed by atoms with Gasteiger partial charge in [0.15, 0.2) is 11.5 Å². The van der Waals surface area contributed by atoms with E-state index in [0.717, 1.165) is 0 Å². The summed E-state index contributed by atoms with van der Waals surface area (Å²) in [4.78, 5) is 12.6. The van der Waals surface area contributed by atoms with E-state index in [2.05, 4.69) is 25.0 Å². The van der Waals surface area contributed by atoms with Crippen LogP contribution in [-0.2, 0) is 10.0 Å². The van der Waals surface area contributed by atoms with Crippen molar-refractivity contribution in [1.29, 1.82) is 0 Å². The number of pyridine rings is 1. The van der Waals surface area contributed by atoms with Crippen molar-refractivity contribution in [3.63, 3.8) is 0 Å². The highest BCUT2D eigenvalue weighted by molar-refractivity contribution is 7.92. The van der Waals surface area contributed by atoms with E-state index >= 15 is 0 Å². The fraction of sp³-hybridized carbons (Fsp3) is 0.0952. The monoisotopic (exact) mass is 471 g/mol. The van der Waals surface area contributed by atoms with E-state index in [1.54, 1.807) is 42.5 Å². The van der Waals surface area contributed by atoms with Gasteiger partial charge in [-0.15, -0.1) is 0 Å². The van der Waals surface area contributed by atoms with Crippen LogP contribution in [-0.4, -0.2) is 37.6 Å². The van der Waals surface area contributed by atoms with Crippen LogP contribution in [0.3, 0.4) is 0 Å². The number of nitrogens with one attached hydrogen (secondary N) is 2. The number of hydrogen-bond acceptors (Lipinski definition) is 8. The second-order valence-corrected chi connectivity index (χ2v) is 8.56. The molecule has 0 atom stereocenters. The van der Waals surface area contributed by atoms with Crippen molar-refractivity contribution in [2.24, 2.45) is 0 Å². The van der Waals surface area contributed by atoms with Crippen molar-refractivity contribution in [3.8, 4) is 11.5 Å². The normalized spacial score (nSPS) is 11.2. The van der Waals surface area contributed by atoms with Gasteiger partial charge in [-0.05, 0) is 54.1 Å². The minimum Gasteiger partial charge on any atom is -0.493 e. The van der Waals surface area contributed by atoms with Gasteiger partial charge >= 0.3 is 0 Å². The molecule has 2 aromatic carbocycles. The van der Waals surface area contributed by atoms with E-state index in [4.69, 9.17) is 21.1 Å². The molecule has 32 heavy (non-hydrogen) atoms. The highest BCUT2D eigenvalue weighted by Gasteiger charge is 2.16. The Balaban J connectivity index is 1.63. The summed E-state index contributed by atoms with van der Waals surface area (Å²) in [6.45, 7) is 0. The zero-order chi connectivity index (χ0) is 22.7. The summed E-state index contributed by atoms with van der Waals surface area (Å²) in [6, 6.07) is 14.6. The Labute approximate surface area is 189 Å². The number of hydrogen-bond donors (Lipinski definition) is 2. The number of halogens is 1. The van der Waals surface area contributed by atoms with Crippen LogP contribution < -0.4 is 19.5 Å². The van der Waals surface area contributed by atoms with E-state index in [1.807, 2.05) is 0 Å². The van der Waals surface area contributed by atoms with E-state index in [9.17, 15) is 8.42 Å². The molecule has 2 aromatic heterocycles. The second kappa shape index (κ2) is 8.85. The molecule has 9 nitrogen and oxygen atoms in total. The summed E-state index contributed by atoms with van der Waals surface area (Å²) >= 11 is 6.09. The summed E-state index contributed by atoms with van der Waals surface area (Å²) < 4.78 is 38.3. The van der Waals surface area contributed by atoms with E-state index in [0.29, 0.717) is 33.9 Å². The smallest absolute Gasteiger partial charge is 0.263 e.